The topological polar surface area (TPSA) is 104 Å². The molecule has 17 heavy (non-hydrogen) atoms. The number of aromatic hydroxyl groups is 3. The van der Waals surface area contributed by atoms with Crippen molar-refractivity contribution in [3.8, 4) is 23.0 Å². The minimum Gasteiger partial charge on any atom is -0.508 e. The molecule has 0 spiro atoms. The summed E-state index contributed by atoms with van der Waals surface area (Å²) in [5.74, 6) is -4.32. The van der Waals surface area contributed by atoms with Crippen LogP contribution in [0.15, 0.2) is 12.1 Å². The van der Waals surface area contributed by atoms with Crippen LogP contribution in [0.3, 0.4) is 0 Å². The molecule has 96 valence electrons. The molecule has 0 saturated heterocycles. The molecule has 0 amide bonds. The molecule has 0 aromatic heterocycles. The Labute approximate surface area is 92.6 Å². The number of rotatable bonds is 2. The summed E-state index contributed by atoms with van der Waals surface area (Å²) < 4.78 is 60.5. The largest absolute Gasteiger partial charge is 0.534 e. The maximum absolute atomic E-state index is 11.9. The Kier molecular flexibility index (Phi) is 3.01. The standard InChI is InChI=1S/C7H5F3O6S/c8-7(9,10)17(14,15)16-6-4(12)1-3(11)2-5(6)13/h1-2,11-13H. The van der Waals surface area contributed by atoms with Gasteiger partial charge in [-0.3, -0.25) is 0 Å². The minimum atomic E-state index is -6.01. The molecule has 6 nitrogen and oxygen atoms in total. The fourth-order valence-electron chi connectivity index (χ4n) is 0.826. The van der Waals surface area contributed by atoms with Crippen molar-refractivity contribution >= 4 is 10.1 Å². The highest BCUT2D eigenvalue weighted by Crippen LogP contribution is 2.41. The molecule has 0 atom stereocenters. The Morgan fingerprint density at radius 2 is 1.47 bits per heavy atom. The molecule has 0 radical (unpaired) electrons. The van der Waals surface area contributed by atoms with E-state index in [1.807, 2.05) is 0 Å². The van der Waals surface area contributed by atoms with Crippen LogP contribution in [-0.2, 0) is 10.1 Å². The Morgan fingerprint density at radius 1 is 1.06 bits per heavy atom. The van der Waals surface area contributed by atoms with Gasteiger partial charge in [-0.05, 0) is 0 Å². The summed E-state index contributed by atoms with van der Waals surface area (Å²) in [6, 6.07) is 1.00. The summed E-state index contributed by atoms with van der Waals surface area (Å²) in [6.45, 7) is 0. The number of halogens is 3. The first-order valence-electron chi connectivity index (χ1n) is 3.80. The lowest BCUT2D eigenvalue weighted by Crippen LogP contribution is -2.28. The SMILES string of the molecule is O=S(=O)(Oc1c(O)cc(O)cc1O)C(F)(F)F. The van der Waals surface area contributed by atoms with Gasteiger partial charge in [0.05, 0.1) is 0 Å². The van der Waals surface area contributed by atoms with Crippen molar-refractivity contribution in [1.82, 2.24) is 0 Å². The van der Waals surface area contributed by atoms with Crippen molar-refractivity contribution in [2.45, 2.75) is 5.51 Å². The van der Waals surface area contributed by atoms with Crippen LogP contribution in [0.1, 0.15) is 0 Å². The fraction of sp³-hybridized carbons (Fsp3) is 0.143. The predicted molar refractivity (Wildman–Crippen MR) is 47.0 cm³/mol. The van der Waals surface area contributed by atoms with Crippen molar-refractivity contribution in [3.63, 3.8) is 0 Å². The van der Waals surface area contributed by atoms with Gasteiger partial charge >= 0.3 is 15.6 Å². The predicted octanol–water partition coefficient (Wildman–Crippen LogP) is 1.03. The lowest BCUT2D eigenvalue weighted by Gasteiger charge is -2.11. The highest BCUT2D eigenvalue weighted by atomic mass is 32.2. The number of phenolic OH excluding ortho intramolecular Hbond substituents is 3. The van der Waals surface area contributed by atoms with Crippen LogP contribution in [0.2, 0.25) is 0 Å². The van der Waals surface area contributed by atoms with Crippen molar-refractivity contribution in [3.05, 3.63) is 12.1 Å². The molecular weight excluding hydrogens is 269 g/mol. The highest BCUT2D eigenvalue weighted by Gasteiger charge is 2.49. The van der Waals surface area contributed by atoms with E-state index in [2.05, 4.69) is 4.18 Å². The van der Waals surface area contributed by atoms with Crippen LogP contribution < -0.4 is 4.18 Å². The first kappa shape index (κ1) is 13.2. The van der Waals surface area contributed by atoms with Gasteiger partial charge in [-0.2, -0.15) is 21.6 Å². The van der Waals surface area contributed by atoms with Crippen LogP contribution in [0.25, 0.3) is 0 Å². The first-order chi connectivity index (χ1) is 7.54. The Balaban J connectivity index is 3.22. The molecule has 0 saturated carbocycles. The van der Waals surface area contributed by atoms with Crippen LogP contribution in [0.4, 0.5) is 13.2 Å². The van der Waals surface area contributed by atoms with E-state index in [-0.39, 0.29) is 0 Å². The van der Waals surface area contributed by atoms with E-state index in [0.29, 0.717) is 12.1 Å². The minimum absolute atomic E-state index is 0.501. The number of phenols is 3. The lowest BCUT2D eigenvalue weighted by molar-refractivity contribution is -0.0500. The van der Waals surface area contributed by atoms with Gasteiger partial charge in [-0.1, -0.05) is 0 Å². The number of alkyl halides is 3. The van der Waals surface area contributed by atoms with Crippen LogP contribution in [-0.4, -0.2) is 29.2 Å². The molecule has 1 aromatic rings. The van der Waals surface area contributed by atoms with Crippen molar-refractivity contribution in [1.29, 1.82) is 0 Å². The fourth-order valence-corrected chi connectivity index (χ4v) is 1.31. The second-order valence-electron chi connectivity index (χ2n) is 2.80. The van der Waals surface area contributed by atoms with Crippen molar-refractivity contribution in [2.24, 2.45) is 0 Å². The molecule has 0 unspecified atom stereocenters. The summed E-state index contributed by atoms with van der Waals surface area (Å²) in [4.78, 5) is 0. The third-order valence-electron chi connectivity index (χ3n) is 1.51. The highest BCUT2D eigenvalue weighted by molar-refractivity contribution is 7.88. The third kappa shape index (κ3) is 2.64. The number of hydrogen-bond acceptors (Lipinski definition) is 6. The van der Waals surface area contributed by atoms with E-state index in [0.717, 1.165) is 0 Å². The van der Waals surface area contributed by atoms with Gasteiger partial charge in [0.15, 0.2) is 11.5 Å². The van der Waals surface area contributed by atoms with E-state index < -0.39 is 38.6 Å². The van der Waals surface area contributed by atoms with Gasteiger partial charge in [-0.15, -0.1) is 0 Å². The van der Waals surface area contributed by atoms with E-state index >= 15 is 0 Å². The van der Waals surface area contributed by atoms with E-state index in [1.165, 1.54) is 0 Å². The molecule has 0 aliphatic carbocycles. The van der Waals surface area contributed by atoms with Crippen LogP contribution >= 0.6 is 0 Å². The monoisotopic (exact) mass is 274 g/mol. The summed E-state index contributed by atoms with van der Waals surface area (Å²) in [5.41, 5.74) is -5.70. The molecule has 10 heteroatoms. The van der Waals surface area contributed by atoms with E-state index in [4.69, 9.17) is 15.3 Å². The second-order valence-corrected chi connectivity index (χ2v) is 4.33. The molecule has 0 heterocycles. The zero-order chi connectivity index (χ0) is 13.4. The Bertz CT molecular complexity index is 512. The molecule has 0 aliphatic rings. The first-order valence-corrected chi connectivity index (χ1v) is 5.21. The summed E-state index contributed by atoms with van der Waals surface area (Å²) in [5, 5.41) is 26.9. The Morgan fingerprint density at radius 3 is 1.82 bits per heavy atom. The van der Waals surface area contributed by atoms with Gasteiger partial charge < -0.3 is 19.5 Å². The average molecular weight is 274 g/mol. The molecule has 3 N–H and O–H groups in total. The number of benzene rings is 1. The quantitative estimate of drug-likeness (QED) is 0.549. The molecule has 1 aromatic carbocycles. The maximum atomic E-state index is 11.9. The van der Waals surface area contributed by atoms with Crippen molar-refractivity contribution < 1.29 is 41.1 Å². The van der Waals surface area contributed by atoms with E-state index in [9.17, 15) is 21.6 Å². The molecule has 0 bridgehead atoms. The zero-order valence-electron chi connectivity index (χ0n) is 7.76. The summed E-state index contributed by atoms with van der Waals surface area (Å²) in [6.07, 6.45) is 0. The number of hydrogen-bond donors (Lipinski definition) is 3. The smallest absolute Gasteiger partial charge is 0.508 e. The van der Waals surface area contributed by atoms with Crippen LogP contribution in [0, 0.1) is 0 Å². The van der Waals surface area contributed by atoms with Gasteiger partial charge in [0, 0.05) is 12.1 Å². The normalized spacial score (nSPS) is 12.4. The molecular formula is C7H5F3O6S. The van der Waals surface area contributed by atoms with Gasteiger partial charge in [-0.25, -0.2) is 0 Å². The second kappa shape index (κ2) is 3.87. The molecule has 1 rings (SSSR count). The summed E-state index contributed by atoms with van der Waals surface area (Å²) >= 11 is 0. The molecule has 0 fully saturated rings. The van der Waals surface area contributed by atoms with Crippen LogP contribution in [0.5, 0.6) is 23.0 Å². The average Bonchev–Trinajstić information content (AvgIpc) is 2.09. The zero-order valence-corrected chi connectivity index (χ0v) is 8.58. The van der Waals surface area contributed by atoms with Crippen molar-refractivity contribution in [2.75, 3.05) is 0 Å². The molecule has 0 aliphatic heterocycles. The van der Waals surface area contributed by atoms with Gasteiger partial charge in [0.1, 0.15) is 5.75 Å². The van der Waals surface area contributed by atoms with Gasteiger partial charge in [0.2, 0.25) is 5.75 Å². The van der Waals surface area contributed by atoms with Gasteiger partial charge in [0.25, 0.3) is 0 Å². The Hall–Kier alpha value is -1.84. The lowest BCUT2D eigenvalue weighted by atomic mass is 10.3. The summed E-state index contributed by atoms with van der Waals surface area (Å²) in [7, 11) is -6.01. The third-order valence-corrected chi connectivity index (χ3v) is 2.46. The maximum Gasteiger partial charge on any atom is 0.534 e. The van der Waals surface area contributed by atoms with E-state index in [1.54, 1.807) is 0 Å².